The number of nitrogens with one attached hydrogen (secondary N) is 1. The number of ether oxygens (including phenoxy) is 1. The number of carbonyl (C=O) groups excluding carboxylic acids is 3. The quantitative estimate of drug-likeness (QED) is 0.595. The van der Waals surface area contributed by atoms with Crippen molar-refractivity contribution >= 4 is 23.7 Å². The van der Waals surface area contributed by atoms with Crippen molar-refractivity contribution in [3.05, 3.63) is 53.9 Å². The predicted octanol–water partition coefficient (Wildman–Crippen LogP) is 1.12. The summed E-state index contributed by atoms with van der Waals surface area (Å²) in [5.41, 5.74) is 0.761. The van der Waals surface area contributed by atoms with E-state index in [0.29, 0.717) is 23.6 Å². The highest BCUT2D eigenvalue weighted by Gasteiger charge is 2.34. The number of amides is 2. The lowest BCUT2D eigenvalue weighted by molar-refractivity contribution is -0.143. The highest BCUT2D eigenvalue weighted by atomic mass is 16.5. The predicted molar refractivity (Wildman–Crippen MR) is 87.9 cm³/mol. The Labute approximate surface area is 143 Å². The average Bonchev–Trinajstić information content (AvgIpc) is 2.88. The summed E-state index contributed by atoms with van der Waals surface area (Å²) in [6.45, 7) is 0.329. The van der Waals surface area contributed by atoms with Crippen molar-refractivity contribution < 1.29 is 19.1 Å². The summed E-state index contributed by atoms with van der Waals surface area (Å²) >= 11 is 0. The van der Waals surface area contributed by atoms with Crippen molar-refractivity contribution in [2.45, 2.75) is 6.42 Å². The van der Waals surface area contributed by atoms with Crippen LogP contribution in [0, 0.1) is 0 Å². The topological polar surface area (TPSA) is 101 Å². The van der Waals surface area contributed by atoms with Crippen LogP contribution in [0.1, 0.15) is 27.1 Å². The molecule has 0 fully saturated rings. The van der Waals surface area contributed by atoms with Crippen molar-refractivity contribution in [1.29, 1.82) is 0 Å². The van der Waals surface area contributed by atoms with Gasteiger partial charge in [-0.05, 0) is 18.2 Å². The minimum atomic E-state index is -0.431. The van der Waals surface area contributed by atoms with Crippen molar-refractivity contribution in [1.82, 2.24) is 14.9 Å². The van der Waals surface area contributed by atoms with Crippen LogP contribution in [0.25, 0.3) is 0 Å². The van der Waals surface area contributed by atoms with Crippen LogP contribution in [0.15, 0.2) is 42.7 Å². The van der Waals surface area contributed by atoms with Crippen molar-refractivity contribution in [2.75, 3.05) is 25.0 Å². The van der Waals surface area contributed by atoms with Gasteiger partial charge < -0.3 is 10.1 Å². The third-order valence-corrected chi connectivity index (χ3v) is 3.63. The molecule has 0 radical (unpaired) electrons. The molecule has 2 heterocycles. The lowest BCUT2D eigenvalue weighted by Gasteiger charge is -2.13. The van der Waals surface area contributed by atoms with Crippen LogP contribution in [-0.2, 0) is 9.53 Å². The first-order valence-electron chi connectivity index (χ1n) is 7.78. The van der Waals surface area contributed by atoms with Gasteiger partial charge in [0.2, 0.25) is 5.95 Å². The number of anilines is 1. The van der Waals surface area contributed by atoms with E-state index in [2.05, 4.69) is 15.3 Å². The standard InChI is InChI=1S/C17H16N4O4/c22-14(6-9-20-17-18-7-3-8-19-17)25-11-10-21-15(23)12-4-1-2-5-13(12)16(21)24/h1-5,7-8H,6,9-11H2,(H,18,19,20). The number of imide groups is 1. The maximum Gasteiger partial charge on any atom is 0.307 e. The van der Waals surface area contributed by atoms with Crippen LogP contribution in [0.5, 0.6) is 0 Å². The van der Waals surface area contributed by atoms with Gasteiger partial charge in [-0.25, -0.2) is 9.97 Å². The molecule has 1 N–H and O–H groups in total. The average molecular weight is 340 g/mol. The van der Waals surface area contributed by atoms with E-state index in [9.17, 15) is 14.4 Å². The van der Waals surface area contributed by atoms with E-state index < -0.39 is 5.97 Å². The zero-order chi connectivity index (χ0) is 17.6. The molecule has 0 unspecified atom stereocenters. The summed E-state index contributed by atoms with van der Waals surface area (Å²) in [6.07, 6.45) is 3.31. The van der Waals surface area contributed by atoms with Crippen molar-refractivity contribution in [2.24, 2.45) is 0 Å². The first kappa shape index (κ1) is 16.6. The van der Waals surface area contributed by atoms with Crippen LogP contribution >= 0.6 is 0 Å². The highest BCUT2D eigenvalue weighted by Crippen LogP contribution is 2.21. The van der Waals surface area contributed by atoms with Gasteiger partial charge in [0, 0.05) is 18.9 Å². The fourth-order valence-corrected chi connectivity index (χ4v) is 2.43. The van der Waals surface area contributed by atoms with Crippen LogP contribution in [0.4, 0.5) is 5.95 Å². The zero-order valence-electron chi connectivity index (χ0n) is 13.3. The Balaban J connectivity index is 1.40. The fraction of sp³-hybridized carbons (Fsp3) is 0.235. The van der Waals surface area contributed by atoms with E-state index in [-0.39, 0.29) is 31.4 Å². The monoisotopic (exact) mass is 340 g/mol. The Bertz CT molecular complexity index is 759. The summed E-state index contributed by atoms with van der Waals surface area (Å²) in [6, 6.07) is 8.32. The summed E-state index contributed by atoms with van der Waals surface area (Å²) < 4.78 is 5.07. The van der Waals surface area contributed by atoms with Gasteiger partial charge >= 0.3 is 5.97 Å². The van der Waals surface area contributed by atoms with Crippen molar-refractivity contribution in [3.8, 4) is 0 Å². The number of fused-ring (bicyclic) bond motifs is 1. The van der Waals surface area contributed by atoms with E-state index in [1.807, 2.05) is 0 Å². The number of nitrogens with zero attached hydrogens (tertiary/aromatic N) is 3. The second-order valence-corrected chi connectivity index (χ2v) is 5.28. The molecule has 0 bridgehead atoms. The van der Waals surface area contributed by atoms with Crippen LogP contribution in [0.2, 0.25) is 0 Å². The third-order valence-electron chi connectivity index (χ3n) is 3.63. The van der Waals surface area contributed by atoms with Gasteiger partial charge in [-0.15, -0.1) is 0 Å². The van der Waals surface area contributed by atoms with Gasteiger partial charge in [-0.1, -0.05) is 12.1 Å². The Morgan fingerprint density at radius 2 is 1.68 bits per heavy atom. The Kier molecular flexibility index (Phi) is 4.98. The van der Waals surface area contributed by atoms with E-state index in [1.165, 1.54) is 0 Å². The minimum Gasteiger partial charge on any atom is -0.464 e. The smallest absolute Gasteiger partial charge is 0.307 e. The number of rotatable bonds is 7. The van der Waals surface area contributed by atoms with E-state index in [1.54, 1.807) is 42.7 Å². The molecule has 0 spiro atoms. The van der Waals surface area contributed by atoms with Gasteiger partial charge in [-0.3, -0.25) is 19.3 Å². The number of benzene rings is 1. The number of hydrogen-bond donors (Lipinski definition) is 1. The second kappa shape index (κ2) is 7.52. The molecular formula is C17H16N4O4. The summed E-state index contributed by atoms with van der Waals surface area (Å²) in [4.78, 5) is 45.0. The fourth-order valence-electron chi connectivity index (χ4n) is 2.43. The summed E-state index contributed by atoms with van der Waals surface area (Å²) in [5.74, 6) is -0.722. The van der Waals surface area contributed by atoms with Crippen LogP contribution in [0.3, 0.4) is 0 Å². The zero-order valence-corrected chi connectivity index (χ0v) is 13.3. The summed E-state index contributed by atoms with van der Waals surface area (Å²) in [7, 11) is 0. The molecule has 8 heteroatoms. The summed E-state index contributed by atoms with van der Waals surface area (Å²) in [5, 5.41) is 2.89. The normalized spacial score (nSPS) is 12.9. The molecule has 25 heavy (non-hydrogen) atoms. The molecule has 0 aliphatic carbocycles. The lowest BCUT2D eigenvalue weighted by atomic mass is 10.1. The molecule has 8 nitrogen and oxygen atoms in total. The molecule has 1 aromatic carbocycles. The van der Waals surface area contributed by atoms with E-state index >= 15 is 0 Å². The van der Waals surface area contributed by atoms with E-state index in [0.717, 1.165) is 4.90 Å². The molecule has 0 saturated carbocycles. The molecular weight excluding hydrogens is 324 g/mol. The van der Waals surface area contributed by atoms with Gasteiger partial charge in [0.15, 0.2) is 0 Å². The number of carbonyl (C=O) groups is 3. The van der Waals surface area contributed by atoms with Crippen LogP contribution in [-0.4, -0.2) is 52.3 Å². The van der Waals surface area contributed by atoms with E-state index in [4.69, 9.17) is 4.74 Å². The Morgan fingerprint density at radius 1 is 1.04 bits per heavy atom. The molecule has 3 rings (SSSR count). The lowest BCUT2D eigenvalue weighted by Crippen LogP contribution is -2.33. The number of aromatic nitrogens is 2. The molecule has 128 valence electrons. The largest absolute Gasteiger partial charge is 0.464 e. The SMILES string of the molecule is O=C(CCNc1ncccn1)OCCN1C(=O)c2ccccc2C1=O. The maximum absolute atomic E-state index is 12.2. The Hall–Kier alpha value is -3.29. The number of hydrogen-bond acceptors (Lipinski definition) is 7. The molecule has 0 atom stereocenters. The van der Waals surface area contributed by atoms with Gasteiger partial charge in [-0.2, -0.15) is 0 Å². The number of esters is 1. The molecule has 2 aromatic rings. The minimum absolute atomic E-state index is 0.0350. The Morgan fingerprint density at radius 3 is 2.32 bits per heavy atom. The van der Waals surface area contributed by atoms with Crippen LogP contribution < -0.4 is 5.32 Å². The third kappa shape index (κ3) is 3.79. The van der Waals surface area contributed by atoms with Gasteiger partial charge in [0.05, 0.1) is 24.1 Å². The first-order chi connectivity index (χ1) is 12.2. The maximum atomic E-state index is 12.2. The molecule has 1 aromatic heterocycles. The molecule has 1 aliphatic heterocycles. The molecule has 0 saturated heterocycles. The highest BCUT2D eigenvalue weighted by molar-refractivity contribution is 6.21. The second-order valence-electron chi connectivity index (χ2n) is 5.28. The van der Waals surface area contributed by atoms with Gasteiger partial charge in [0.25, 0.3) is 11.8 Å². The van der Waals surface area contributed by atoms with Crippen molar-refractivity contribution in [3.63, 3.8) is 0 Å². The molecule has 1 aliphatic rings. The first-order valence-corrected chi connectivity index (χ1v) is 7.78. The van der Waals surface area contributed by atoms with Gasteiger partial charge in [0.1, 0.15) is 6.61 Å². The molecule has 2 amide bonds.